The Labute approximate surface area is 191 Å². The van der Waals surface area contributed by atoms with Gasteiger partial charge in [-0.1, -0.05) is 6.08 Å². The molecule has 8 nitrogen and oxygen atoms in total. The fourth-order valence-corrected chi connectivity index (χ4v) is 4.52. The smallest absolute Gasteiger partial charge is 0.313 e. The Morgan fingerprint density at radius 1 is 1.25 bits per heavy atom. The number of ether oxygens (including phenoxy) is 1. The van der Waals surface area contributed by atoms with Gasteiger partial charge in [0.05, 0.1) is 18.9 Å². The molecular weight excluding hydrogens is 430 g/mol. The van der Waals surface area contributed by atoms with Crippen LogP contribution in [0.4, 0.5) is 5.69 Å². The number of methoxy groups -OCH3 is 1. The summed E-state index contributed by atoms with van der Waals surface area (Å²) in [6, 6.07) is 5.00. The van der Waals surface area contributed by atoms with E-state index in [9.17, 15) is 14.4 Å². The lowest BCUT2D eigenvalue weighted by molar-refractivity contribution is -0.137. The quantitative estimate of drug-likeness (QED) is 0.578. The molecule has 0 atom stereocenters. The van der Waals surface area contributed by atoms with Crippen LogP contribution in [0.1, 0.15) is 39.5 Å². The first-order valence-electron chi connectivity index (χ1n) is 10.3. The van der Waals surface area contributed by atoms with E-state index in [1.54, 1.807) is 36.2 Å². The lowest BCUT2D eigenvalue weighted by Crippen LogP contribution is -2.48. The van der Waals surface area contributed by atoms with Gasteiger partial charge in [0.15, 0.2) is 12.2 Å². The van der Waals surface area contributed by atoms with Crippen molar-refractivity contribution in [1.82, 2.24) is 10.3 Å². The maximum absolute atomic E-state index is 12.4. The van der Waals surface area contributed by atoms with Crippen molar-refractivity contribution in [3.8, 4) is 17.1 Å². The van der Waals surface area contributed by atoms with Crippen LogP contribution in [0.15, 0.2) is 46.2 Å². The number of aromatic nitrogens is 1. The van der Waals surface area contributed by atoms with Gasteiger partial charge in [-0.05, 0) is 49.5 Å². The zero-order chi connectivity index (χ0) is 23.1. The predicted octanol–water partition coefficient (Wildman–Crippen LogP) is 3.94. The number of nitrogens with one attached hydrogen (secondary N) is 2. The van der Waals surface area contributed by atoms with Gasteiger partial charge < -0.3 is 19.8 Å². The third-order valence-corrected chi connectivity index (χ3v) is 6.19. The SMILES string of the molecule is COc1cc(NC(=O)C(=O)NC(C)(C)CCSC2=CCC(=O)CC2)ccc1-c1cnco1. The molecule has 1 aliphatic rings. The van der Waals surface area contributed by atoms with Gasteiger partial charge >= 0.3 is 11.8 Å². The van der Waals surface area contributed by atoms with E-state index in [-0.39, 0.29) is 5.78 Å². The molecule has 0 unspecified atom stereocenters. The molecule has 32 heavy (non-hydrogen) atoms. The van der Waals surface area contributed by atoms with Crippen LogP contribution >= 0.6 is 11.8 Å². The fourth-order valence-electron chi connectivity index (χ4n) is 3.20. The summed E-state index contributed by atoms with van der Waals surface area (Å²) in [5.41, 5.74) is 0.557. The Kier molecular flexibility index (Phi) is 7.74. The van der Waals surface area contributed by atoms with Crippen LogP contribution in [0, 0.1) is 0 Å². The molecule has 2 aromatic rings. The van der Waals surface area contributed by atoms with Gasteiger partial charge in [-0.25, -0.2) is 4.98 Å². The number of hydrogen-bond donors (Lipinski definition) is 2. The molecule has 1 aromatic carbocycles. The van der Waals surface area contributed by atoms with Crippen molar-refractivity contribution in [3.63, 3.8) is 0 Å². The fraction of sp³-hybridized carbons (Fsp3) is 0.391. The monoisotopic (exact) mass is 457 g/mol. The number of amides is 2. The van der Waals surface area contributed by atoms with E-state index in [4.69, 9.17) is 9.15 Å². The summed E-state index contributed by atoms with van der Waals surface area (Å²) in [7, 11) is 1.51. The number of ketones is 1. The van der Waals surface area contributed by atoms with Crippen LogP contribution in [0.2, 0.25) is 0 Å². The number of rotatable bonds is 8. The Hall–Kier alpha value is -3.07. The number of thioether (sulfide) groups is 1. The first-order valence-corrected chi connectivity index (χ1v) is 11.3. The number of oxazole rings is 1. The molecule has 3 rings (SSSR count). The normalized spacial score (nSPS) is 14.0. The van der Waals surface area contributed by atoms with Gasteiger partial charge in [0.1, 0.15) is 11.5 Å². The largest absolute Gasteiger partial charge is 0.496 e. The molecule has 1 aliphatic carbocycles. The Bertz CT molecular complexity index is 1010. The lowest BCUT2D eigenvalue weighted by Gasteiger charge is -2.26. The number of benzene rings is 1. The van der Waals surface area contributed by atoms with Gasteiger partial charge in [0.2, 0.25) is 0 Å². The number of nitrogens with zero attached hydrogens (tertiary/aromatic N) is 1. The van der Waals surface area contributed by atoms with Crippen molar-refractivity contribution in [2.75, 3.05) is 18.2 Å². The van der Waals surface area contributed by atoms with E-state index >= 15 is 0 Å². The summed E-state index contributed by atoms with van der Waals surface area (Å²) in [5, 5.41) is 5.39. The molecule has 0 aliphatic heterocycles. The Morgan fingerprint density at radius 3 is 2.72 bits per heavy atom. The highest BCUT2D eigenvalue weighted by atomic mass is 32.2. The van der Waals surface area contributed by atoms with Crippen molar-refractivity contribution in [1.29, 1.82) is 0 Å². The van der Waals surface area contributed by atoms with Crippen molar-refractivity contribution < 1.29 is 23.5 Å². The average molecular weight is 458 g/mol. The van der Waals surface area contributed by atoms with E-state index in [1.165, 1.54) is 18.4 Å². The second kappa shape index (κ2) is 10.5. The predicted molar refractivity (Wildman–Crippen MR) is 123 cm³/mol. The minimum atomic E-state index is -0.756. The number of carbonyl (C=O) groups excluding carboxylic acids is 3. The number of carbonyl (C=O) groups is 3. The molecule has 0 bridgehead atoms. The lowest BCUT2D eigenvalue weighted by atomic mass is 10.0. The van der Waals surface area contributed by atoms with Crippen LogP contribution in [-0.4, -0.2) is 41.0 Å². The summed E-state index contributed by atoms with van der Waals surface area (Å²) < 4.78 is 10.7. The maximum Gasteiger partial charge on any atom is 0.313 e. The molecule has 0 saturated heterocycles. The van der Waals surface area contributed by atoms with Crippen LogP contribution in [0.3, 0.4) is 0 Å². The number of allylic oxidation sites excluding steroid dienone is 2. The Morgan fingerprint density at radius 2 is 2.06 bits per heavy atom. The summed E-state index contributed by atoms with van der Waals surface area (Å²) >= 11 is 1.70. The number of Topliss-reactive ketones (excluding diaryl/α,β-unsaturated/α-hetero) is 1. The highest BCUT2D eigenvalue weighted by molar-refractivity contribution is 8.03. The van der Waals surface area contributed by atoms with Crippen molar-refractivity contribution in [2.45, 2.75) is 45.1 Å². The van der Waals surface area contributed by atoms with E-state index < -0.39 is 17.4 Å². The first-order chi connectivity index (χ1) is 15.3. The number of hydrogen-bond acceptors (Lipinski definition) is 7. The Balaban J connectivity index is 1.52. The van der Waals surface area contributed by atoms with Crippen molar-refractivity contribution in [3.05, 3.63) is 41.8 Å². The summed E-state index contributed by atoms with van der Waals surface area (Å²) in [6.45, 7) is 3.76. The molecule has 170 valence electrons. The van der Waals surface area contributed by atoms with Crippen molar-refractivity contribution >= 4 is 35.0 Å². The van der Waals surface area contributed by atoms with E-state index in [2.05, 4.69) is 15.6 Å². The second-order valence-electron chi connectivity index (χ2n) is 8.08. The molecule has 0 radical (unpaired) electrons. The molecule has 0 fully saturated rings. The molecular formula is C23H27N3O5S. The van der Waals surface area contributed by atoms with Gasteiger partial charge in [-0.2, -0.15) is 0 Å². The minimum absolute atomic E-state index is 0.276. The van der Waals surface area contributed by atoms with E-state index in [1.807, 2.05) is 19.9 Å². The van der Waals surface area contributed by atoms with Gasteiger partial charge in [0, 0.05) is 30.1 Å². The third kappa shape index (κ3) is 6.46. The van der Waals surface area contributed by atoms with E-state index in [0.29, 0.717) is 42.0 Å². The average Bonchev–Trinajstić information content (AvgIpc) is 3.29. The molecule has 2 N–H and O–H groups in total. The molecule has 0 spiro atoms. The first kappa shape index (κ1) is 23.6. The second-order valence-corrected chi connectivity index (χ2v) is 9.31. The molecule has 2 amide bonds. The van der Waals surface area contributed by atoms with Crippen LogP contribution < -0.4 is 15.4 Å². The van der Waals surface area contributed by atoms with Crippen LogP contribution in [0.25, 0.3) is 11.3 Å². The molecule has 1 aromatic heterocycles. The molecule has 9 heteroatoms. The van der Waals surface area contributed by atoms with Crippen LogP contribution in [-0.2, 0) is 14.4 Å². The van der Waals surface area contributed by atoms with Gasteiger partial charge in [-0.3, -0.25) is 14.4 Å². The van der Waals surface area contributed by atoms with Crippen LogP contribution in [0.5, 0.6) is 5.75 Å². The zero-order valence-electron chi connectivity index (χ0n) is 18.4. The van der Waals surface area contributed by atoms with Gasteiger partial charge in [-0.15, -0.1) is 11.8 Å². The molecule has 0 saturated carbocycles. The highest BCUT2D eigenvalue weighted by Gasteiger charge is 2.25. The summed E-state index contributed by atoms with van der Waals surface area (Å²) in [6.07, 6.45) is 7.45. The summed E-state index contributed by atoms with van der Waals surface area (Å²) in [5.74, 6) is 0.617. The maximum atomic E-state index is 12.4. The highest BCUT2D eigenvalue weighted by Crippen LogP contribution is 2.32. The molecule has 1 heterocycles. The third-order valence-electron chi connectivity index (χ3n) is 5.04. The minimum Gasteiger partial charge on any atom is -0.496 e. The standard InChI is InChI=1S/C23H27N3O5S/c1-23(2,10-11-32-17-7-5-16(27)6-8-17)26-22(29)21(28)25-15-4-9-18(19(12-15)30-3)20-13-24-14-31-20/h4,7,9,12-14H,5-6,8,10-11H2,1-3H3,(H,25,28)(H,26,29). The summed E-state index contributed by atoms with van der Waals surface area (Å²) in [4.78, 5) is 41.3. The zero-order valence-corrected chi connectivity index (χ0v) is 19.2. The topological polar surface area (TPSA) is 111 Å². The number of anilines is 1. The van der Waals surface area contributed by atoms with Gasteiger partial charge in [0.25, 0.3) is 0 Å². The van der Waals surface area contributed by atoms with Crippen molar-refractivity contribution in [2.24, 2.45) is 0 Å². The van der Waals surface area contributed by atoms with E-state index in [0.717, 1.165) is 12.2 Å².